The number of halogens is 1. The summed E-state index contributed by atoms with van der Waals surface area (Å²) in [6, 6.07) is 3.16. The Labute approximate surface area is 138 Å². The summed E-state index contributed by atoms with van der Waals surface area (Å²) in [7, 11) is 0. The highest BCUT2D eigenvalue weighted by Gasteiger charge is 2.24. The number of carbonyl (C=O) groups excluding carboxylic acids is 2. The SMILES string of the molecule is Cc1oc(C)c(C(=O)O[C@@H](C)C(=O)Nc2ccc(Cl)cn2)c1C. The van der Waals surface area contributed by atoms with Gasteiger partial charge in [-0.25, -0.2) is 9.78 Å². The second kappa shape index (κ2) is 6.83. The van der Waals surface area contributed by atoms with Gasteiger partial charge in [-0.3, -0.25) is 4.79 Å². The van der Waals surface area contributed by atoms with Crippen LogP contribution in [0.3, 0.4) is 0 Å². The summed E-state index contributed by atoms with van der Waals surface area (Å²) in [6.07, 6.45) is 0.434. The normalized spacial score (nSPS) is 11.9. The smallest absolute Gasteiger partial charge is 0.342 e. The van der Waals surface area contributed by atoms with Crippen LogP contribution in [0.4, 0.5) is 5.82 Å². The fourth-order valence-corrected chi connectivity index (χ4v) is 2.16. The molecule has 0 fully saturated rings. The average molecular weight is 337 g/mol. The Kier molecular flexibility index (Phi) is 5.05. The number of nitrogens with one attached hydrogen (secondary N) is 1. The third kappa shape index (κ3) is 3.90. The molecular formula is C16H17ClN2O4. The lowest BCUT2D eigenvalue weighted by atomic mass is 10.1. The van der Waals surface area contributed by atoms with E-state index in [1.807, 2.05) is 0 Å². The number of hydrogen-bond acceptors (Lipinski definition) is 5. The second-order valence-electron chi connectivity index (χ2n) is 5.11. The molecule has 0 aliphatic carbocycles. The molecule has 1 amide bonds. The van der Waals surface area contributed by atoms with Crippen molar-refractivity contribution in [2.75, 3.05) is 5.32 Å². The van der Waals surface area contributed by atoms with Gasteiger partial charge in [-0.05, 0) is 39.8 Å². The van der Waals surface area contributed by atoms with Crippen molar-refractivity contribution in [3.05, 3.63) is 46.0 Å². The topological polar surface area (TPSA) is 81.4 Å². The minimum absolute atomic E-state index is 0.328. The Morgan fingerprint density at radius 3 is 2.48 bits per heavy atom. The number of rotatable bonds is 4. The van der Waals surface area contributed by atoms with Crippen molar-refractivity contribution in [1.82, 2.24) is 4.98 Å². The molecule has 0 radical (unpaired) electrons. The van der Waals surface area contributed by atoms with Gasteiger partial charge in [-0.1, -0.05) is 11.6 Å². The van der Waals surface area contributed by atoms with Crippen LogP contribution in [-0.4, -0.2) is 23.0 Å². The van der Waals surface area contributed by atoms with Crippen molar-refractivity contribution >= 4 is 29.3 Å². The van der Waals surface area contributed by atoms with Gasteiger partial charge in [-0.2, -0.15) is 0 Å². The molecule has 2 aromatic rings. The number of esters is 1. The van der Waals surface area contributed by atoms with E-state index in [0.29, 0.717) is 33.5 Å². The number of hydrogen-bond donors (Lipinski definition) is 1. The molecule has 1 N–H and O–H groups in total. The van der Waals surface area contributed by atoms with Crippen LogP contribution in [0.5, 0.6) is 0 Å². The van der Waals surface area contributed by atoms with Crippen LogP contribution in [0.2, 0.25) is 5.02 Å². The first-order valence-electron chi connectivity index (χ1n) is 6.99. The van der Waals surface area contributed by atoms with Crippen molar-refractivity contribution in [2.24, 2.45) is 0 Å². The summed E-state index contributed by atoms with van der Waals surface area (Å²) in [5.74, 6) is 0.370. The summed E-state index contributed by atoms with van der Waals surface area (Å²) >= 11 is 5.73. The number of nitrogens with zero attached hydrogens (tertiary/aromatic N) is 1. The van der Waals surface area contributed by atoms with Crippen LogP contribution in [0.1, 0.15) is 34.4 Å². The van der Waals surface area contributed by atoms with Gasteiger partial charge in [-0.15, -0.1) is 0 Å². The highest BCUT2D eigenvalue weighted by atomic mass is 35.5. The maximum atomic E-state index is 12.2. The number of carbonyl (C=O) groups is 2. The summed E-state index contributed by atoms with van der Waals surface area (Å²) in [6.45, 7) is 6.70. The van der Waals surface area contributed by atoms with Crippen LogP contribution < -0.4 is 5.32 Å². The molecule has 23 heavy (non-hydrogen) atoms. The number of amides is 1. The van der Waals surface area contributed by atoms with Crippen LogP contribution in [-0.2, 0) is 9.53 Å². The molecule has 0 aliphatic heterocycles. The molecule has 1 atom stereocenters. The van der Waals surface area contributed by atoms with Crippen LogP contribution in [0.15, 0.2) is 22.7 Å². The highest BCUT2D eigenvalue weighted by Crippen LogP contribution is 2.22. The fraction of sp³-hybridized carbons (Fsp3) is 0.312. The maximum absolute atomic E-state index is 12.2. The van der Waals surface area contributed by atoms with E-state index in [1.165, 1.54) is 13.1 Å². The van der Waals surface area contributed by atoms with E-state index in [4.69, 9.17) is 20.8 Å². The number of aromatic nitrogens is 1. The monoisotopic (exact) mass is 336 g/mol. The zero-order valence-electron chi connectivity index (χ0n) is 13.3. The standard InChI is InChI=1S/C16H17ClN2O4/c1-8-9(2)22-10(3)14(8)16(21)23-11(4)15(20)19-13-6-5-12(17)7-18-13/h5-7,11H,1-4H3,(H,18,19,20)/t11-/m0/s1. The number of pyridine rings is 1. The van der Waals surface area contributed by atoms with Crippen molar-refractivity contribution in [3.63, 3.8) is 0 Å². The highest BCUT2D eigenvalue weighted by molar-refractivity contribution is 6.30. The Hall–Kier alpha value is -2.34. The van der Waals surface area contributed by atoms with Gasteiger partial charge in [0.1, 0.15) is 22.9 Å². The number of anilines is 1. The second-order valence-corrected chi connectivity index (χ2v) is 5.55. The molecule has 0 aliphatic rings. The molecule has 122 valence electrons. The fourth-order valence-electron chi connectivity index (χ4n) is 2.04. The van der Waals surface area contributed by atoms with Gasteiger partial charge in [0.25, 0.3) is 5.91 Å². The number of furan rings is 1. The molecule has 6 nitrogen and oxygen atoms in total. The quantitative estimate of drug-likeness (QED) is 0.865. The summed E-state index contributed by atoms with van der Waals surface area (Å²) in [5, 5.41) is 3.01. The third-order valence-electron chi connectivity index (χ3n) is 3.40. The van der Waals surface area contributed by atoms with Crippen molar-refractivity contribution < 1.29 is 18.7 Å². The first kappa shape index (κ1) is 17.0. The third-order valence-corrected chi connectivity index (χ3v) is 3.62. The Morgan fingerprint density at radius 2 is 1.96 bits per heavy atom. The van der Waals surface area contributed by atoms with Crippen molar-refractivity contribution in [1.29, 1.82) is 0 Å². The van der Waals surface area contributed by atoms with Crippen LogP contribution >= 0.6 is 11.6 Å². The molecule has 7 heteroatoms. The molecule has 2 heterocycles. The Balaban J connectivity index is 2.03. The molecular weight excluding hydrogens is 320 g/mol. The molecule has 0 saturated heterocycles. The van der Waals surface area contributed by atoms with Gasteiger partial charge < -0.3 is 14.5 Å². The van der Waals surface area contributed by atoms with E-state index in [2.05, 4.69) is 10.3 Å². The lowest BCUT2D eigenvalue weighted by Crippen LogP contribution is -2.30. The number of aryl methyl sites for hydroxylation is 2. The predicted octanol–water partition coefficient (Wildman–Crippen LogP) is 3.44. The van der Waals surface area contributed by atoms with Crippen molar-refractivity contribution in [2.45, 2.75) is 33.8 Å². The van der Waals surface area contributed by atoms with Gasteiger partial charge in [0.05, 0.1) is 5.02 Å². The lowest BCUT2D eigenvalue weighted by molar-refractivity contribution is -0.123. The van der Waals surface area contributed by atoms with Gasteiger partial charge in [0.15, 0.2) is 6.10 Å². The van der Waals surface area contributed by atoms with Crippen LogP contribution in [0.25, 0.3) is 0 Å². The maximum Gasteiger partial charge on any atom is 0.342 e. The first-order chi connectivity index (χ1) is 10.8. The minimum Gasteiger partial charge on any atom is -0.465 e. The molecule has 0 aromatic carbocycles. The zero-order valence-corrected chi connectivity index (χ0v) is 14.0. The average Bonchev–Trinajstić information content (AvgIpc) is 2.74. The Bertz CT molecular complexity index is 737. The van der Waals surface area contributed by atoms with E-state index < -0.39 is 18.0 Å². The summed E-state index contributed by atoms with van der Waals surface area (Å²) < 4.78 is 10.6. The van der Waals surface area contributed by atoms with Crippen molar-refractivity contribution in [3.8, 4) is 0 Å². The number of ether oxygens (including phenoxy) is 1. The Morgan fingerprint density at radius 1 is 1.26 bits per heavy atom. The molecule has 2 rings (SSSR count). The van der Waals surface area contributed by atoms with E-state index in [-0.39, 0.29) is 0 Å². The van der Waals surface area contributed by atoms with E-state index in [0.717, 1.165) is 0 Å². The van der Waals surface area contributed by atoms with E-state index >= 15 is 0 Å². The zero-order chi connectivity index (χ0) is 17.1. The van der Waals surface area contributed by atoms with Gasteiger partial charge in [0.2, 0.25) is 0 Å². The molecule has 2 aromatic heterocycles. The molecule has 0 bridgehead atoms. The van der Waals surface area contributed by atoms with E-state index in [9.17, 15) is 9.59 Å². The largest absolute Gasteiger partial charge is 0.465 e. The van der Waals surface area contributed by atoms with Gasteiger partial charge in [0, 0.05) is 11.8 Å². The molecule has 0 unspecified atom stereocenters. The first-order valence-corrected chi connectivity index (χ1v) is 7.37. The molecule has 0 spiro atoms. The summed E-state index contributed by atoms with van der Waals surface area (Å²) in [4.78, 5) is 28.2. The molecule has 0 saturated carbocycles. The van der Waals surface area contributed by atoms with E-state index in [1.54, 1.807) is 32.9 Å². The lowest BCUT2D eigenvalue weighted by Gasteiger charge is -2.13. The predicted molar refractivity (Wildman–Crippen MR) is 85.7 cm³/mol. The summed E-state index contributed by atoms with van der Waals surface area (Å²) in [5.41, 5.74) is 1.06. The van der Waals surface area contributed by atoms with Crippen LogP contribution in [0, 0.1) is 20.8 Å². The van der Waals surface area contributed by atoms with Gasteiger partial charge >= 0.3 is 5.97 Å². The minimum atomic E-state index is -0.978.